The first kappa shape index (κ1) is 22.4. The molecule has 7 nitrogen and oxygen atoms in total. The first-order valence-corrected chi connectivity index (χ1v) is 12.7. The van der Waals surface area contributed by atoms with Crippen molar-refractivity contribution < 1.29 is 21.6 Å². The minimum atomic E-state index is -3.68. The number of rotatable bonds is 7. The van der Waals surface area contributed by atoms with Crippen LogP contribution in [0, 0.1) is 0 Å². The second-order valence-corrected chi connectivity index (χ2v) is 11.1. The van der Waals surface area contributed by atoms with Crippen molar-refractivity contribution in [3.63, 3.8) is 0 Å². The molecule has 2 aromatic rings. The van der Waals surface area contributed by atoms with E-state index >= 15 is 0 Å². The highest BCUT2D eigenvalue weighted by molar-refractivity contribution is 9.10. The lowest BCUT2D eigenvalue weighted by atomic mass is 10.1. The molecule has 2 aromatic carbocycles. The Kier molecular flexibility index (Phi) is 6.89. The summed E-state index contributed by atoms with van der Waals surface area (Å²) in [5.41, 5.74) is 1.07. The minimum Gasteiger partial charge on any atom is -0.348 e. The highest BCUT2D eigenvalue weighted by Crippen LogP contribution is 2.27. The Morgan fingerprint density at radius 2 is 1.61 bits per heavy atom. The predicted octanol–water partition coefficient (Wildman–Crippen LogP) is 2.50. The molecule has 0 aliphatic heterocycles. The zero-order chi connectivity index (χ0) is 21.1. The number of sulfonamides is 1. The molecule has 0 unspecified atom stereocenters. The van der Waals surface area contributed by atoms with Gasteiger partial charge in [-0.3, -0.25) is 9.10 Å². The van der Waals surface area contributed by atoms with Crippen LogP contribution < -0.4 is 9.62 Å². The maximum atomic E-state index is 12.5. The zero-order valence-corrected chi connectivity index (χ0v) is 18.8. The third-order valence-corrected chi connectivity index (χ3v) is 6.92. The molecule has 0 radical (unpaired) electrons. The van der Waals surface area contributed by atoms with Crippen LogP contribution in [-0.2, 0) is 24.7 Å². The third kappa shape index (κ3) is 5.79. The van der Waals surface area contributed by atoms with E-state index < -0.39 is 31.8 Å². The molecule has 0 spiro atoms. The second-order valence-electron chi connectivity index (χ2n) is 6.35. The molecule has 0 aliphatic rings. The number of anilines is 1. The minimum absolute atomic E-state index is 0.187. The van der Waals surface area contributed by atoms with Crippen molar-refractivity contribution in [3.05, 3.63) is 58.6 Å². The first-order chi connectivity index (χ1) is 12.9. The molecule has 28 heavy (non-hydrogen) atoms. The number of nitrogens with zero attached hydrogens (tertiary/aromatic N) is 1. The van der Waals surface area contributed by atoms with Crippen molar-refractivity contribution in [2.45, 2.75) is 17.9 Å². The highest BCUT2D eigenvalue weighted by atomic mass is 79.9. The van der Waals surface area contributed by atoms with Gasteiger partial charge in [0.25, 0.3) is 0 Å². The number of amides is 1. The number of halogens is 1. The van der Waals surface area contributed by atoms with Gasteiger partial charge < -0.3 is 5.32 Å². The number of nitrogens with one attached hydrogen (secondary N) is 1. The quantitative estimate of drug-likeness (QED) is 0.644. The van der Waals surface area contributed by atoms with Crippen molar-refractivity contribution in [2.24, 2.45) is 0 Å². The smallest absolute Gasteiger partial charge is 0.241 e. The Labute approximate surface area is 173 Å². The van der Waals surface area contributed by atoms with Gasteiger partial charge in [-0.05, 0) is 52.7 Å². The Morgan fingerprint density at radius 1 is 1.04 bits per heavy atom. The fraction of sp³-hybridized carbons (Fsp3) is 0.278. The molecule has 0 saturated carbocycles. The van der Waals surface area contributed by atoms with Gasteiger partial charge in [0.2, 0.25) is 15.9 Å². The maximum Gasteiger partial charge on any atom is 0.241 e. The Hall–Kier alpha value is -1.91. The molecule has 0 aliphatic carbocycles. The molecule has 2 rings (SSSR count). The van der Waals surface area contributed by atoms with Gasteiger partial charge in [0.1, 0.15) is 6.54 Å². The van der Waals surface area contributed by atoms with Crippen molar-refractivity contribution in [1.29, 1.82) is 0 Å². The lowest BCUT2D eigenvalue weighted by molar-refractivity contribution is -0.120. The number of hydrogen-bond acceptors (Lipinski definition) is 5. The summed E-state index contributed by atoms with van der Waals surface area (Å²) >= 11 is 3.30. The third-order valence-electron chi connectivity index (χ3n) is 3.99. The summed E-state index contributed by atoms with van der Waals surface area (Å²) in [6.45, 7) is 1.35. The van der Waals surface area contributed by atoms with E-state index in [0.29, 0.717) is 15.7 Å². The zero-order valence-electron chi connectivity index (χ0n) is 15.6. The average Bonchev–Trinajstić information content (AvgIpc) is 2.59. The SMILES string of the molecule is C[C@H](NC(=O)CN(c1ccccc1Br)S(C)(=O)=O)c1ccc(S(C)(=O)=O)cc1. The van der Waals surface area contributed by atoms with Crippen molar-refractivity contribution in [3.8, 4) is 0 Å². The maximum absolute atomic E-state index is 12.5. The average molecular weight is 489 g/mol. The molecular weight excluding hydrogens is 468 g/mol. The molecule has 1 N–H and O–H groups in total. The van der Waals surface area contributed by atoms with Gasteiger partial charge in [-0.2, -0.15) is 0 Å². The van der Waals surface area contributed by atoms with Crippen LogP contribution in [0.25, 0.3) is 0 Å². The fourth-order valence-corrected chi connectivity index (χ4v) is 4.65. The number of carbonyl (C=O) groups is 1. The highest BCUT2D eigenvalue weighted by Gasteiger charge is 2.23. The van der Waals surface area contributed by atoms with Crippen molar-refractivity contribution >= 4 is 47.4 Å². The van der Waals surface area contributed by atoms with E-state index in [-0.39, 0.29) is 11.4 Å². The number of para-hydroxylation sites is 1. The summed E-state index contributed by atoms with van der Waals surface area (Å²) in [6.07, 6.45) is 2.15. The predicted molar refractivity (Wildman–Crippen MR) is 112 cm³/mol. The largest absolute Gasteiger partial charge is 0.348 e. The molecule has 1 atom stereocenters. The molecule has 1 amide bonds. The molecule has 0 aromatic heterocycles. The molecule has 0 saturated heterocycles. The topological polar surface area (TPSA) is 101 Å². The Morgan fingerprint density at radius 3 is 2.11 bits per heavy atom. The standard InChI is InChI=1S/C18H21BrN2O5S2/c1-13(14-8-10-15(11-9-14)27(2,23)24)20-18(22)12-21(28(3,25)26)17-7-5-4-6-16(17)19/h4-11,13H,12H2,1-3H3,(H,20,22)/t13-/m0/s1. The van der Waals surface area contributed by atoms with Crippen LogP contribution in [0.3, 0.4) is 0 Å². The van der Waals surface area contributed by atoms with E-state index in [4.69, 9.17) is 0 Å². The lowest BCUT2D eigenvalue weighted by Crippen LogP contribution is -2.41. The Balaban J connectivity index is 2.15. The second kappa shape index (κ2) is 8.62. The summed E-state index contributed by atoms with van der Waals surface area (Å²) in [4.78, 5) is 12.7. The number of benzene rings is 2. The molecule has 0 bridgehead atoms. The van der Waals surface area contributed by atoms with Crippen LogP contribution in [0.2, 0.25) is 0 Å². The number of sulfone groups is 1. The summed E-state index contributed by atoms with van der Waals surface area (Å²) < 4.78 is 49.0. The van der Waals surface area contributed by atoms with Gasteiger partial charge in [-0.15, -0.1) is 0 Å². The van der Waals surface area contributed by atoms with Gasteiger partial charge in [0, 0.05) is 10.7 Å². The van der Waals surface area contributed by atoms with Gasteiger partial charge in [-0.25, -0.2) is 16.8 Å². The molecule has 152 valence electrons. The number of carbonyl (C=O) groups excluding carboxylic acids is 1. The summed E-state index contributed by atoms with van der Waals surface area (Å²) in [5, 5.41) is 2.74. The van der Waals surface area contributed by atoms with E-state index in [0.717, 1.165) is 16.8 Å². The first-order valence-electron chi connectivity index (χ1n) is 8.21. The lowest BCUT2D eigenvalue weighted by Gasteiger charge is -2.24. The van der Waals surface area contributed by atoms with Crippen LogP contribution >= 0.6 is 15.9 Å². The Bertz CT molecular complexity index is 1070. The van der Waals surface area contributed by atoms with Crippen LogP contribution in [0.15, 0.2) is 57.9 Å². The fourth-order valence-electron chi connectivity index (χ4n) is 2.54. The van der Waals surface area contributed by atoms with E-state index in [1.807, 2.05) is 0 Å². The van der Waals surface area contributed by atoms with Crippen LogP contribution in [0.4, 0.5) is 5.69 Å². The molecular formula is C18H21BrN2O5S2. The van der Waals surface area contributed by atoms with E-state index in [2.05, 4.69) is 21.2 Å². The summed E-state index contributed by atoms with van der Waals surface area (Å²) in [7, 11) is -6.98. The van der Waals surface area contributed by atoms with Gasteiger partial charge in [-0.1, -0.05) is 24.3 Å². The normalized spacial score (nSPS) is 13.0. The molecule has 0 fully saturated rings. The monoisotopic (exact) mass is 488 g/mol. The van der Waals surface area contributed by atoms with Crippen LogP contribution in [-0.4, -0.2) is 41.8 Å². The molecule has 10 heteroatoms. The van der Waals surface area contributed by atoms with Gasteiger partial charge >= 0.3 is 0 Å². The summed E-state index contributed by atoms with van der Waals surface area (Å²) in [5.74, 6) is -0.485. The molecule has 0 heterocycles. The van der Waals surface area contributed by atoms with Crippen LogP contribution in [0.1, 0.15) is 18.5 Å². The van der Waals surface area contributed by atoms with Gasteiger partial charge in [0.05, 0.1) is 22.9 Å². The van der Waals surface area contributed by atoms with Crippen LogP contribution in [0.5, 0.6) is 0 Å². The van der Waals surface area contributed by atoms with Gasteiger partial charge in [0.15, 0.2) is 9.84 Å². The van der Waals surface area contributed by atoms with Crippen molar-refractivity contribution in [2.75, 3.05) is 23.4 Å². The van der Waals surface area contributed by atoms with Crippen molar-refractivity contribution in [1.82, 2.24) is 5.32 Å². The number of hydrogen-bond donors (Lipinski definition) is 1. The van der Waals surface area contributed by atoms with E-state index in [1.165, 1.54) is 12.1 Å². The van der Waals surface area contributed by atoms with E-state index in [9.17, 15) is 21.6 Å². The van der Waals surface area contributed by atoms with E-state index in [1.54, 1.807) is 43.3 Å². The summed E-state index contributed by atoms with van der Waals surface area (Å²) in [6, 6.07) is 12.5.